The number of rotatable bonds is 4. The van der Waals surface area contributed by atoms with Crippen molar-refractivity contribution in [1.82, 2.24) is 20.5 Å². The fourth-order valence-electron chi connectivity index (χ4n) is 2.04. The molecular formula is C15H13FN4O. The van der Waals surface area contributed by atoms with Crippen LogP contribution in [-0.2, 0) is 0 Å². The molecule has 0 radical (unpaired) electrons. The van der Waals surface area contributed by atoms with E-state index in [-0.39, 0.29) is 11.9 Å². The largest absolute Gasteiger partial charge is 0.417 e. The SMILES string of the molecule is CNC(c1ccccc1)c1nnc(-c2ccc(F)cn2)o1. The molecule has 0 saturated carbocycles. The molecule has 0 amide bonds. The zero-order valence-corrected chi connectivity index (χ0v) is 11.3. The Morgan fingerprint density at radius 1 is 1.10 bits per heavy atom. The highest BCUT2D eigenvalue weighted by Gasteiger charge is 2.19. The van der Waals surface area contributed by atoms with Crippen molar-refractivity contribution in [2.24, 2.45) is 0 Å². The van der Waals surface area contributed by atoms with Crippen molar-refractivity contribution in [3.63, 3.8) is 0 Å². The minimum absolute atomic E-state index is 0.201. The molecule has 21 heavy (non-hydrogen) atoms. The number of benzene rings is 1. The maximum atomic E-state index is 12.9. The molecule has 3 aromatic rings. The smallest absolute Gasteiger partial charge is 0.266 e. The maximum Gasteiger partial charge on any atom is 0.266 e. The second kappa shape index (κ2) is 5.80. The summed E-state index contributed by atoms with van der Waals surface area (Å²) in [6.07, 6.45) is 1.12. The number of hydrogen-bond donors (Lipinski definition) is 1. The Kier molecular flexibility index (Phi) is 3.70. The first kappa shape index (κ1) is 13.4. The van der Waals surface area contributed by atoms with Gasteiger partial charge in [0.25, 0.3) is 5.89 Å². The summed E-state index contributed by atoms with van der Waals surface area (Å²) in [5.74, 6) is 0.293. The molecule has 1 aromatic carbocycles. The zero-order chi connectivity index (χ0) is 14.7. The van der Waals surface area contributed by atoms with Gasteiger partial charge in [0.1, 0.15) is 17.6 Å². The number of halogens is 1. The maximum absolute atomic E-state index is 12.9. The number of nitrogens with zero attached hydrogens (tertiary/aromatic N) is 3. The molecule has 0 aliphatic carbocycles. The van der Waals surface area contributed by atoms with Crippen LogP contribution in [-0.4, -0.2) is 22.2 Å². The van der Waals surface area contributed by atoms with E-state index in [9.17, 15) is 4.39 Å². The van der Waals surface area contributed by atoms with Crippen LogP contribution in [0.1, 0.15) is 17.5 Å². The molecule has 1 unspecified atom stereocenters. The molecule has 3 rings (SSSR count). The molecule has 5 nitrogen and oxygen atoms in total. The van der Waals surface area contributed by atoms with Crippen LogP contribution in [0.5, 0.6) is 0 Å². The van der Waals surface area contributed by atoms with Gasteiger partial charge in [0, 0.05) is 0 Å². The fourth-order valence-corrected chi connectivity index (χ4v) is 2.04. The molecular weight excluding hydrogens is 271 g/mol. The number of hydrogen-bond acceptors (Lipinski definition) is 5. The Bertz CT molecular complexity index is 712. The third-order valence-electron chi connectivity index (χ3n) is 3.06. The lowest BCUT2D eigenvalue weighted by Crippen LogP contribution is -2.17. The van der Waals surface area contributed by atoms with Gasteiger partial charge in [-0.1, -0.05) is 30.3 Å². The minimum atomic E-state index is -0.407. The summed E-state index contributed by atoms with van der Waals surface area (Å²) in [4.78, 5) is 3.93. The van der Waals surface area contributed by atoms with Crippen LogP contribution in [0.25, 0.3) is 11.6 Å². The summed E-state index contributed by atoms with van der Waals surface area (Å²) in [5, 5.41) is 11.2. The topological polar surface area (TPSA) is 63.8 Å². The van der Waals surface area contributed by atoms with Crippen molar-refractivity contribution < 1.29 is 8.81 Å². The van der Waals surface area contributed by atoms with Gasteiger partial charge in [-0.05, 0) is 24.7 Å². The van der Waals surface area contributed by atoms with Crippen LogP contribution < -0.4 is 5.32 Å². The van der Waals surface area contributed by atoms with E-state index in [1.165, 1.54) is 12.1 Å². The molecule has 0 fully saturated rings. The van der Waals surface area contributed by atoms with Gasteiger partial charge in [-0.25, -0.2) is 9.37 Å². The van der Waals surface area contributed by atoms with Crippen molar-refractivity contribution in [3.8, 4) is 11.6 Å². The summed E-state index contributed by atoms with van der Waals surface area (Å²) in [7, 11) is 1.82. The number of aromatic nitrogens is 3. The van der Waals surface area contributed by atoms with E-state index in [0.29, 0.717) is 11.6 Å². The first-order valence-corrected chi connectivity index (χ1v) is 6.45. The Hall–Kier alpha value is -2.60. The molecule has 2 aromatic heterocycles. The average molecular weight is 284 g/mol. The third-order valence-corrected chi connectivity index (χ3v) is 3.06. The van der Waals surface area contributed by atoms with Gasteiger partial charge in [0.15, 0.2) is 0 Å². The lowest BCUT2D eigenvalue weighted by Gasteiger charge is -2.11. The Morgan fingerprint density at radius 3 is 2.57 bits per heavy atom. The van der Waals surface area contributed by atoms with E-state index in [0.717, 1.165) is 11.8 Å². The lowest BCUT2D eigenvalue weighted by atomic mass is 10.1. The molecule has 1 atom stereocenters. The normalized spacial score (nSPS) is 12.3. The third kappa shape index (κ3) is 2.80. The second-order valence-corrected chi connectivity index (χ2v) is 4.44. The first-order chi connectivity index (χ1) is 10.3. The second-order valence-electron chi connectivity index (χ2n) is 4.44. The van der Waals surface area contributed by atoms with Crippen LogP contribution in [0.15, 0.2) is 53.1 Å². The van der Waals surface area contributed by atoms with E-state index in [2.05, 4.69) is 20.5 Å². The van der Waals surface area contributed by atoms with Gasteiger partial charge in [-0.15, -0.1) is 10.2 Å². The summed E-state index contributed by atoms with van der Waals surface area (Å²) >= 11 is 0. The first-order valence-electron chi connectivity index (χ1n) is 6.45. The van der Waals surface area contributed by atoms with E-state index in [4.69, 9.17) is 4.42 Å². The highest BCUT2D eigenvalue weighted by Crippen LogP contribution is 2.23. The van der Waals surface area contributed by atoms with Crippen LogP contribution in [0.3, 0.4) is 0 Å². The summed E-state index contributed by atoms with van der Waals surface area (Å²) in [6, 6.07) is 12.4. The summed E-state index contributed by atoms with van der Waals surface area (Å²) < 4.78 is 18.5. The monoisotopic (exact) mass is 284 g/mol. The van der Waals surface area contributed by atoms with Crippen molar-refractivity contribution >= 4 is 0 Å². The van der Waals surface area contributed by atoms with Crippen LogP contribution in [0.2, 0.25) is 0 Å². The van der Waals surface area contributed by atoms with Crippen molar-refractivity contribution in [2.45, 2.75) is 6.04 Å². The van der Waals surface area contributed by atoms with E-state index in [1.54, 1.807) is 0 Å². The highest BCUT2D eigenvalue weighted by molar-refractivity contribution is 5.45. The number of pyridine rings is 1. The van der Waals surface area contributed by atoms with E-state index in [1.807, 2.05) is 37.4 Å². The molecule has 0 aliphatic rings. The van der Waals surface area contributed by atoms with E-state index >= 15 is 0 Å². The predicted octanol–water partition coefficient (Wildman–Crippen LogP) is 2.58. The Balaban J connectivity index is 1.92. The molecule has 0 aliphatic heterocycles. The Morgan fingerprint density at radius 2 is 1.90 bits per heavy atom. The molecule has 0 spiro atoms. The standard InChI is InChI=1S/C15H13FN4O/c1-17-13(10-5-3-2-4-6-10)15-20-19-14(21-15)12-8-7-11(16)9-18-12/h2-9,13,17H,1H3. The van der Waals surface area contributed by atoms with Gasteiger partial charge < -0.3 is 9.73 Å². The molecule has 106 valence electrons. The van der Waals surface area contributed by atoms with Crippen LogP contribution in [0, 0.1) is 5.82 Å². The summed E-state index contributed by atoms with van der Waals surface area (Å²) in [6.45, 7) is 0. The molecule has 0 saturated heterocycles. The molecule has 2 heterocycles. The van der Waals surface area contributed by atoms with Crippen LogP contribution >= 0.6 is 0 Å². The minimum Gasteiger partial charge on any atom is -0.417 e. The van der Waals surface area contributed by atoms with Crippen molar-refractivity contribution in [1.29, 1.82) is 0 Å². The van der Waals surface area contributed by atoms with Crippen molar-refractivity contribution in [3.05, 3.63) is 65.9 Å². The van der Waals surface area contributed by atoms with Crippen molar-refractivity contribution in [2.75, 3.05) is 7.05 Å². The van der Waals surface area contributed by atoms with Crippen LogP contribution in [0.4, 0.5) is 4.39 Å². The van der Waals surface area contributed by atoms with E-state index < -0.39 is 5.82 Å². The lowest BCUT2D eigenvalue weighted by molar-refractivity contribution is 0.455. The molecule has 0 bridgehead atoms. The zero-order valence-electron chi connectivity index (χ0n) is 11.3. The summed E-state index contributed by atoms with van der Waals surface area (Å²) in [5.41, 5.74) is 1.46. The van der Waals surface area contributed by atoms with Gasteiger partial charge in [-0.3, -0.25) is 0 Å². The van der Waals surface area contributed by atoms with Gasteiger partial charge >= 0.3 is 0 Å². The number of nitrogens with one attached hydrogen (secondary N) is 1. The van der Waals surface area contributed by atoms with Gasteiger partial charge in [0.2, 0.25) is 5.89 Å². The fraction of sp³-hybridized carbons (Fsp3) is 0.133. The quantitative estimate of drug-likeness (QED) is 0.797. The highest BCUT2D eigenvalue weighted by atomic mass is 19.1. The predicted molar refractivity (Wildman–Crippen MR) is 74.8 cm³/mol. The average Bonchev–Trinajstić information content (AvgIpc) is 2.99. The van der Waals surface area contributed by atoms with Gasteiger partial charge in [0.05, 0.1) is 6.20 Å². The molecule has 6 heteroatoms. The molecule has 1 N–H and O–H groups in total. The van der Waals surface area contributed by atoms with Gasteiger partial charge in [-0.2, -0.15) is 0 Å². The Labute approximate surface area is 120 Å².